The fourth-order valence-corrected chi connectivity index (χ4v) is 2.83. The number of aryl methyl sites for hydroxylation is 1. The Hall–Kier alpha value is -1.12. The lowest BCUT2D eigenvalue weighted by Gasteiger charge is -2.22. The SMILES string of the molecule is Cc1ccccc1C(C)N[C@H](C)c1cccc(Br)c1. The molecule has 0 saturated carbocycles. The Bertz CT molecular complexity index is 550. The van der Waals surface area contributed by atoms with Crippen molar-refractivity contribution in [1.29, 1.82) is 0 Å². The second kappa shape index (κ2) is 6.36. The summed E-state index contributed by atoms with van der Waals surface area (Å²) in [5.74, 6) is 0. The van der Waals surface area contributed by atoms with E-state index >= 15 is 0 Å². The van der Waals surface area contributed by atoms with Crippen LogP contribution in [0.2, 0.25) is 0 Å². The maximum atomic E-state index is 3.66. The van der Waals surface area contributed by atoms with E-state index in [-0.39, 0.29) is 0 Å². The molecule has 0 bridgehead atoms. The number of benzene rings is 2. The first kappa shape index (κ1) is 14.3. The van der Waals surface area contributed by atoms with Gasteiger partial charge in [0.25, 0.3) is 0 Å². The molecule has 0 aromatic heterocycles. The van der Waals surface area contributed by atoms with Crippen LogP contribution < -0.4 is 5.32 Å². The van der Waals surface area contributed by atoms with Gasteiger partial charge in [0, 0.05) is 16.6 Å². The number of hydrogen-bond donors (Lipinski definition) is 1. The van der Waals surface area contributed by atoms with Crippen LogP contribution in [-0.2, 0) is 0 Å². The maximum Gasteiger partial charge on any atom is 0.0300 e. The van der Waals surface area contributed by atoms with Crippen LogP contribution >= 0.6 is 15.9 Å². The van der Waals surface area contributed by atoms with Crippen molar-refractivity contribution >= 4 is 15.9 Å². The van der Waals surface area contributed by atoms with Crippen molar-refractivity contribution in [1.82, 2.24) is 5.32 Å². The Morgan fingerprint density at radius 1 is 0.947 bits per heavy atom. The third kappa shape index (κ3) is 3.68. The normalized spacial score (nSPS) is 14.1. The summed E-state index contributed by atoms with van der Waals surface area (Å²) in [6.07, 6.45) is 0. The van der Waals surface area contributed by atoms with E-state index in [2.05, 4.69) is 90.5 Å². The first-order valence-corrected chi connectivity index (χ1v) is 7.44. The summed E-state index contributed by atoms with van der Waals surface area (Å²) >= 11 is 3.53. The van der Waals surface area contributed by atoms with Gasteiger partial charge >= 0.3 is 0 Å². The van der Waals surface area contributed by atoms with Crippen molar-refractivity contribution in [3.05, 3.63) is 69.7 Å². The fraction of sp³-hybridized carbons (Fsp3) is 0.294. The minimum Gasteiger partial charge on any atom is -0.304 e. The van der Waals surface area contributed by atoms with Crippen molar-refractivity contribution in [2.75, 3.05) is 0 Å². The smallest absolute Gasteiger partial charge is 0.0300 e. The molecule has 2 heteroatoms. The van der Waals surface area contributed by atoms with Gasteiger partial charge < -0.3 is 5.32 Å². The molecule has 1 N–H and O–H groups in total. The van der Waals surface area contributed by atoms with E-state index in [1.807, 2.05) is 0 Å². The number of hydrogen-bond acceptors (Lipinski definition) is 1. The molecule has 19 heavy (non-hydrogen) atoms. The molecule has 0 radical (unpaired) electrons. The van der Waals surface area contributed by atoms with Crippen molar-refractivity contribution in [3.8, 4) is 0 Å². The summed E-state index contributed by atoms with van der Waals surface area (Å²) in [5.41, 5.74) is 4.00. The molecule has 0 spiro atoms. The topological polar surface area (TPSA) is 12.0 Å². The van der Waals surface area contributed by atoms with Gasteiger partial charge in [0.05, 0.1) is 0 Å². The average molecular weight is 318 g/mol. The first-order chi connectivity index (χ1) is 9.08. The third-order valence-electron chi connectivity index (χ3n) is 3.50. The molecular formula is C17H20BrN. The summed E-state index contributed by atoms with van der Waals surface area (Å²) in [6.45, 7) is 6.59. The highest BCUT2D eigenvalue weighted by Gasteiger charge is 2.12. The monoisotopic (exact) mass is 317 g/mol. The van der Waals surface area contributed by atoms with Crippen LogP contribution in [0.5, 0.6) is 0 Å². The molecule has 2 aromatic carbocycles. The molecule has 0 heterocycles. The molecular weight excluding hydrogens is 298 g/mol. The van der Waals surface area contributed by atoms with Crippen LogP contribution in [0, 0.1) is 6.92 Å². The molecule has 0 aliphatic heterocycles. The zero-order valence-electron chi connectivity index (χ0n) is 11.7. The van der Waals surface area contributed by atoms with Gasteiger partial charge in [-0.3, -0.25) is 0 Å². The lowest BCUT2D eigenvalue weighted by Crippen LogP contribution is -2.23. The van der Waals surface area contributed by atoms with Crippen molar-refractivity contribution < 1.29 is 0 Å². The van der Waals surface area contributed by atoms with E-state index in [0.29, 0.717) is 12.1 Å². The van der Waals surface area contributed by atoms with Crippen LogP contribution in [-0.4, -0.2) is 0 Å². The Balaban J connectivity index is 2.11. The van der Waals surface area contributed by atoms with E-state index in [0.717, 1.165) is 4.47 Å². The highest BCUT2D eigenvalue weighted by molar-refractivity contribution is 9.10. The minimum absolute atomic E-state index is 0.326. The number of nitrogens with one attached hydrogen (secondary N) is 1. The van der Waals surface area contributed by atoms with Crippen LogP contribution in [0.4, 0.5) is 0 Å². The molecule has 0 fully saturated rings. The summed E-state index contributed by atoms with van der Waals surface area (Å²) < 4.78 is 1.13. The summed E-state index contributed by atoms with van der Waals surface area (Å²) in [6, 6.07) is 17.7. The van der Waals surface area contributed by atoms with Gasteiger partial charge in [-0.25, -0.2) is 0 Å². The van der Waals surface area contributed by atoms with Crippen molar-refractivity contribution in [2.24, 2.45) is 0 Å². The Morgan fingerprint density at radius 2 is 1.68 bits per heavy atom. The molecule has 0 aliphatic rings. The van der Waals surface area contributed by atoms with Gasteiger partial charge in [-0.2, -0.15) is 0 Å². The molecule has 2 atom stereocenters. The predicted molar refractivity (Wildman–Crippen MR) is 85.3 cm³/mol. The average Bonchev–Trinajstić information content (AvgIpc) is 2.39. The Kier molecular flexibility index (Phi) is 4.78. The van der Waals surface area contributed by atoms with Gasteiger partial charge in [0.2, 0.25) is 0 Å². The molecule has 0 saturated heterocycles. The van der Waals surface area contributed by atoms with Crippen LogP contribution in [0.15, 0.2) is 53.0 Å². The highest BCUT2D eigenvalue weighted by atomic mass is 79.9. The number of halogens is 1. The van der Waals surface area contributed by atoms with E-state index in [4.69, 9.17) is 0 Å². The first-order valence-electron chi connectivity index (χ1n) is 6.65. The van der Waals surface area contributed by atoms with Gasteiger partial charge in [-0.1, -0.05) is 52.3 Å². The van der Waals surface area contributed by atoms with E-state index in [1.54, 1.807) is 0 Å². The molecule has 0 aliphatic carbocycles. The van der Waals surface area contributed by atoms with Gasteiger partial charge in [-0.15, -0.1) is 0 Å². The summed E-state index contributed by atoms with van der Waals surface area (Å²) in [7, 11) is 0. The largest absolute Gasteiger partial charge is 0.304 e. The molecule has 1 unspecified atom stereocenters. The van der Waals surface area contributed by atoms with Crippen molar-refractivity contribution in [3.63, 3.8) is 0 Å². The van der Waals surface area contributed by atoms with Gasteiger partial charge in [0.15, 0.2) is 0 Å². The number of rotatable bonds is 4. The van der Waals surface area contributed by atoms with Crippen molar-refractivity contribution in [2.45, 2.75) is 32.9 Å². The Morgan fingerprint density at radius 3 is 2.37 bits per heavy atom. The lowest BCUT2D eigenvalue weighted by molar-refractivity contribution is 0.493. The second-order valence-electron chi connectivity index (χ2n) is 5.02. The van der Waals surface area contributed by atoms with Crippen LogP contribution in [0.1, 0.15) is 42.6 Å². The lowest BCUT2D eigenvalue weighted by atomic mass is 10.0. The van der Waals surface area contributed by atoms with Gasteiger partial charge in [-0.05, 0) is 49.6 Å². The molecule has 100 valence electrons. The highest BCUT2D eigenvalue weighted by Crippen LogP contribution is 2.23. The minimum atomic E-state index is 0.326. The summed E-state index contributed by atoms with van der Waals surface area (Å²) in [4.78, 5) is 0. The maximum absolute atomic E-state index is 3.66. The zero-order chi connectivity index (χ0) is 13.8. The molecule has 2 aromatic rings. The quantitative estimate of drug-likeness (QED) is 0.820. The van der Waals surface area contributed by atoms with Crippen LogP contribution in [0.3, 0.4) is 0 Å². The third-order valence-corrected chi connectivity index (χ3v) is 4.00. The molecule has 2 rings (SSSR count). The second-order valence-corrected chi connectivity index (χ2v) is 5.94. The predicted octanol–water partition coefficient (Wildman–Crippen LogP) is 5.17. The van der Waals surface area contributed by atoms with E-state index < -0.39 is 0 Å². The zero-order valence-corrected chi connectivity index (χ0v) is 13.2. The standard InChI is InChI=1S/C17H20BrN/c1-12-7-4-5-10-17(12)14(3)19-13(2)15-8-6-9-16(18)11-15/h4-11,13-14,19H,1-3H3/t13-,14?/m1/s1. The Labute approximate surface area is 124 Å². The van der Waals surface area contributed by atoms with Crippen LogP contribution in [0.25, 0.3) is 0 Å². The fourth-order valence-electron chi connectivity index (χ4n) is 2.41. The van der Waals surface area contributed by atoms with Gasteiger partial charge in [0.1, 0.15) is 0 Å². The molecule has 0 amide bonds. The summed E-state index contributed by atoms with van der Waals surface area (Å²) in [5, 5.41) is 3.66. The molecule has 1 nitrogen and oxygen atoms in total. The van der Waals surface area contributed by atoms with E-state index in [9.17, 15) is 0 Å². The van der Waals surface area contributed by atoms with E-state index in [1.165, 1.54) is 16.7 Å².